The molecule has 0 aliphatic heterocycles. The van der Waals surface area contributed by atoms with Crippen LogP contribution in [0.5, 0.6) is 0 Å². The number of rotatable bonds is 5. The number of amides is 2. The molecule has 0 bridgehead atoms. The van der Waals surface area contributed by atoms with Crippen molar-refractivity contribution in [3.05, 3.63) is 64.7 Å². The van der Waals surface area contributed by atoms with Gasteiger partial charge in [-0.3, -0.25) is 9.59 Å². The first-order valence-electron chi connectivity index (χ1n) is 7.31. The summed E-state index contributed by atoms with van der Waals surface area (Å²) < 4.78 is 0. The standard InChI is InChI=1S/C18H19ClN2O2/c1-13-4-3-5-17(10-13)21(14(2)22)12-18(23)20-11-15-6-8-16(19)9-7-15/h3-10H,11-12H2,1-2H3,(H,20,23). The molecule has 0 saturated carbocycles. The molecule has 0 aromatic heterocycles. The number of anilines is 1. The van der Waals surface area contributed by atoms with E-state index >= 15 is 0 Å². The normalized spacial score (nSPS) is 10.2. The van der Waals surface area contributed by atoms with Gasteiger partial charge < -0.3 is 10.2 Å². The van der Waals surface area contributed by atoms with Crippen LogP contribution in [-0.2, 0) is 16.1 Å². The predicted octanol–water partition coefficient (Wildman–Crippen LogP) is 3.32. The highest BCUT2D eigenvalue weighted by Crippen LogP contribution is 2.16. The molecule has 2 amide bonds. The van der Waals surface area contributed by atoms with E-state index in [4.69, 9.17) is 11.6 Å². The lowest BCUT2D eigenvalue weighted by Crippen LogP contribution is -2.39. The Labute approximate surface area is 141 Å². The van der Waals surface area contributed by atoms with Crippen molar-refractivity contribution < 1.29 is 9.59 Å². The Morgan fingerprint density at radius 1 is 1.13 bits per heavy atom. The molecule has 0 unspecified atom stereocenters. The second-order valence-corrected chi connectivity index (χ2v) is 5.78. The fraction of sp³-hybridized carbons (Fsp3) is 0.222. The fourth-order valence-electron chi connectivity index (χ4n) is 2.18. The molecule has 0 fully saturated rings. The third-order valence-corrected chi connectivity index (χ3v) is 3.65. The van der Waals surface area contributed by atoms with Crippen LogP contribution in [0.1, 0.15) is 18.1 Å². The van der Waals surface area contributed by atoms with Crippen molar-refractivity contribution in [1.29, 1.82) is 0 Å². The van der Waals surface area contributed by atoms with Crippen molar-refractivity contribution >= 4 is 29.1 Å². The summed E-state index contributed by atoms with van der Waals surface area (Å²) in [5.74, 6) is -0.381. The third-order valence-electron chi connectivity index (χ3n) is 3.40. The number of carbonyl (C=O) groups excluding carboxylic acids is 2. The highest BCUT2D eigenvalue weighted by Gasteiger charge is 2.15. The van der Waals surface area contributed by atoms with E-state index in [1.807, 2.05) is 43.3 Å². The molecule has 0 heterocycles. The predicted molar refractivity (Wildman–Crippen MR) is 92.5 cm³/mol. The molecule has 23 heavy (non-hydrogen) atoms. The smallest absolute Gasteiger partial charge is 0.240 e. The quantitative estimate of drug-likeness (QED) is 0.914. The minimum Gasteiger partial charge on any atom is -0.350 e. The molecular weight excluding hydrogens is 312 g/mol. The van der Waals surface area contributed by atoms with Crippen molar-refractivity contribution in [2.24, 2.45) is 0 Å². The van der Waals surface area contributed by atoms with Crippen LogP contribution in [0.15, 0.2) is 48.5 Å². The molecule has 5 heteroatoms. The van der Waals surface area contributed by atoms with Crippen LogP contribution >= 0.6 is 11.6 Å². The minimum absolute atomic E-state index is 0.00756. The molecule has 0 aliphatic carbocycles. The van der Waals surface area contributed by atoms with Gasteiger partial charge in [-0.15, -0.1) is 0 Å². The number of aryl methyl sites for hydroxylation is 1. The molecule has 0 radical (unpaired) electrons. The summed E-state index contributed by atoms with van der Waals surface area (Å²) in [6, 6.07) is 14.8. The van der Waals surface area contributed by atoms with E-state index in [2.05, 4.69) is 5.32 Å². The zero-order valence-electron chi connectivity index (χ0n) is 13.2. The molecule has 1 N–H and O–H groups in total. The second-order valence-electron chi connectivity index (χ2n) is 5.35. The number of nitrogens with zero attached hydrogens (tertiary/aromatic N) is 1. The first kappa shape index (κ1) is 17.0. The summed E-state index contributed by atoms with van der Waals surface area (Å²) in [4.78, 5) is 25.4. The van der Waals surface area contributed by atoms with Crippen molar-refractivity contribution in [2.75, 3.05) is 11.4 Å². The van der Waals surface area contributed by atoms with Crippen LogP contribution < -0.4 is 10.2 Å². The number of nitrogens with one attached hydrogen (secondary N) is 1. The van der Waals surface area contributed by atoms with Crippen LogP contribution in [0.3, 0.4) is 0 Å². The summed E-state index contributed by atoms with van der Waals surface area (Å²) in [5, 5.41) is 3.47. The van der Waals surface area contributed by atoms with Gasteiger partial charge >= 0.3 is 0 Å². The number of benzene rings is 2. The second kappa shape index (κ2) is 7.79. The van der Waals surface area contributed by atoms with Gasteiger partial charge in [0.1, 0.15) is 6.54 Å². The number of halogens is 1. The van der Waals surface area contributed by atoms with Crippen molar-refractivity contribution in [2.45, 2.75) is 20.4 Å². The molecule has 0 atom stereocenters. The van der Waals surface area contributed by atoms with Gasteiger partial charge in [-0.25, -0.2) is 0 Å². The highest BCUT2D eigenvalue weighted by atomic mass is 35.5. The number of hydrogen-bond donors (Lipinski definition) is 1. The Hall–Kier alpha value is -2.33. The fourth-order valence-corrected chi connectivity index (χ4v) is 2.31. The van der Waals surface area contributed by atoms with E-state index in [9.17, 15) is 9.59 Å². The van der Waals surface area contributed by atoms with Crippen molar-refractivity contribution in [3.8, 4) is 0 Å². The van der Waals surface area contributed by atoms with Crippen LogP contribution in [0, 0.1) is 6.92 Å². The Morgan fingerprint density at radius 3 is 2.43 bits per heavy atom. The maximum Gasteiger partial charge on any atom is 0.240 e. The van der Waals surface area contributed by atoms with Gasteiger partial charge in [-0.05, 0) is 42.3 Å². The van der Waals surface area contributed by atoms with Gasteiger partial charge in [0.05, 0.1) is 0 Å². The van der Waals surface area contributed by atoms with Gasteiger partial charge in [-0.2, -0.15) is 0 Å². The monoisotopic (exact) mass is 330 g/mol. The van der Waals surface area contributed by atoms with E-state index in [0.29, 0.717) is 11.6 Å². The van der Waals surface area contributed by atoms with E-state index in [1.54, 1.807) is 12.1 Å². The molecule has 4 nitrogen and oxygen atoms in total. The molecular formula is C18H19ClN2O2. The van der Waals surface area contributed by atoms with Gasteiger partial charge in [-0.1, -0.05) is 35.9 Å². The van der Waals surface area contributed by atoms with Gasteiger partial charge in [0.15, 0.2) is 0 Å². The van der Waals surface area contributed by atoms with Crippen molar-refractivity contribution in [1.82, 2.24) is 5.32 Å². The summed E-state index contributed by atoms with van der Waals surface area (Å²) in [7, 11) is 0. The molecule has 0 aliphatic rings. The first-order chi connectivity index (χ1) is 11.0. The van der Waals surface area contributed by atoms with Crippen LogP contribution in [0.4, 0.5) is 5.69 Å². The maximum absolute atomic E-state index is 12.1. The van der Waals surface area contributed by atoms with Crippen LogP contribution in [-0.4, -0.2) is 18.4 Å². The van der Waals surface area contributed by atoms with Crippen molar-refractivity contribution in [3.63, 3.8) is 0 Å². The lowest BCUT2D eigenvalue weighted by atomic mass is 10.2. The largest absolute Gasteiger partial charge is 0.350 e. The number of hydrogen-bond acceptors (Lipinski definition) is 2. The minimum atomic E-state index is -0.211. The van der Waals surface area contributed by atoms with Gasteiger partial charge in [0.25, 0.3) is 0 Å². The molecule has 0 spiro atoms. The summed E-state index contributed by atoms with van der Waals surface area (Å²) in [5.41, 5.74) is 2.71. The topological polar surface area (TPSA) is 49.4 Å². The van der Waals surface area contributed by atoms with Crippen LogP contribution in [0.25, 0.3) is 0 Å². The summed E-state index contributed by atoms with van der Waals surface area (Å²) in [6.07, 6.45) is 0. The lowest BCUT2D eigenvalue weighted by molar-refractivity contribution is -0.123. The molecule has 2 aromatic carbocycles. The van der Waals surface area contributed by atoms with E-state index < -0.39 is 0 Å². The Kier molecular flexibility index (Phi) is 5.77. The molecule has 2 rings (SSSR count). The zero-order valence-corrected chi connectivity index (χ0v) is 13.9. The Balaban J connectivity index is 1.98. The SMILES string of the molecule is CC(=O)N(CC(=O)NCc1ccc(Cl)cc1)c1cccc(C)c1. The van der Waals surface area contributed by atoms with Gasteiger partial charge in [0, 0.05) is 24.2 Å². The Bertz CT molecular complexity index is 698. The maximum atomic E-state index is 12.1. The summed E-state index contributed by atoms with van der Waals surface area (Å²) >= 11 is 5.83. The highest BCUT2D eigenvalue weighted by molar-refractivity contribution is 6.30. The molecule has 2 aromatic rings. The average molecular weight is 331 g/mol. The first-order valence-corrected chi connectivity index (χ1v) is 7.69. The average Bonchev–Trinajstić information content (AvgIpc) is 2.51. The third kappa shape index (κ3) is 5.11. The van der Waals surface area contributed by atoms with E-state index in [-0.39, 0.29) is 18.4 Å². The van der Waals surface area contributed by atoms with Gasteiger partial charge in [0.2, 0.25) is 11.8 Å². The van der Waals surface area contributed by atoms with E-state index in [0.717, 1.165) is 16.8 Å². The summed E-state index contributed by atoms with van der Waals surface area (Å²) in [6.45, 7) is 3.79. The lowest BCUT2D eigenvalue weighted by Gasteiger charge is -2.21. The zero-order chi connectivity index (χ0) is 16.8. The molecule has 0 saturated heterocycles. The molecule has 120 valence electrons. The van der Waals surface area contributed by atoms with Crippen LogP contribution in [0.2, 0.25) is 5.02 Å². The number of carbonyl (C=O) groups is 2. The Morgan fingerprint density at radius 2 is 1.83 bits per heavy atom. The van der Waals surface area contributed by atoms with E-state index in [1.165, 1.54) is 11.8 Å².